The molecule has 0 saturated carbocycles. The first kappa shape index (κ1) is 13.3. The molecule has 4 unspecified atom stereocenters. The molecule has 2 aliphatic rings. The maximum atomic E-state index is 11.6. The summed E-state index contributed by atoms with van der Waals surface area (Å²) in [6, 6.07) is 0.218. The quantitative estimate of drug-likeness (QED) is 0.793. The van der Waals surface area contributed by atoms with Crippen molar-refractivity contribution < 1.29 is 13.5 Å². The molecule has 4 atom stereocenters. The Labute approximate surface area is 104 Å². The molecule has 2 rings (SSSR count). The van der Waals surface area contributed by atoms with Gasteiger partial charge < -0.3 is 5.11 Å². The molecular formula is C12H23NO3S. The van der Waals surface area contributed by atoms with Crippen LogP contribution in [0.4, 0.5) is 0 Å². The average Bonchev–Trinajstić information content (AvgIpc) is 2.53. The van der Waals surface area contributed by atoms with Crippen molar-refractivity contribution in [3.8, 4) is 0 Å². The minimum atomic E-state index is -3.03. The normalized spacial score (nSPS) is 42.8. The first-order chi connectivity index (χ1) is 7.93. The summed E-state index contributed by atoms with van der Waals surface area (Å²) < 4.78 is 23.1. The van der Waals surface area contributed by atoms with Gasteiger partial charge >= 0.3 is 0 Å². The number of hydrogen-bond donors (Lipinski definition) is 1. The molecular weight excluding hydrogens is 238 g/mol. The van der Waals surface area contributed by atoms with Crippen LogP contribution < -0.4 is 0 Å². The van der Waals surface area contributed by atoms with E-state index >= 15 is 0 Å². The average molecular weight is 261 g/mol. The highest BCUT2D eigenvalue weighted by Gasteiger charge is 2.42. The van der Waals surface area contributed by atoms with Gasteiger partial charge in [0, 0.05) is 12.6 Å². The Morgan fingerprint density at radius 3 is 2.53 bits per heavy atom. The van der Waals surface area contributed by atoms with Gasteiger partial charge in [0.25, 0.3) is 0 Å². The zero-order chi connectivity index (χ0) is 12.6. The first-order valence-corrected chi connectivity index (χ1v) is 8.39. The highest BCUT2D eigenvalue weighted by Crippen LogP contribution is 2.29. The smallest absolute Gasteiger partial charge is 0.154 e. The van der Waals surface area contributed by atoms with Crippen molar-refractivity contribution in [3.63, 3.8) is 0 Å². The summed E-state index contributed by atoms with van der Waals surface area (Å²) in [5.41, 5.74) is 0. The number of sulfone groups is 1. The Morgan fingerprint density at radius 2 is 2.00 bits per heavy atom. The second-order valence-corrected chi connectivity index (χ2v) is 7.76. The van der Waals surface area contributed by atoms with Crippen LogP contribution in [0, 0.1) is 5.92 Å². The summed E-state index contributed by atoms with van der Waals surface area (Å²) in [5, 5.41) is 9.93. The lowest BCUT2D eigenvalue weighted by Crippen LogP contribution is -2.52. The summed E-state index contributed by atoms with van der Waals surface area (Å²) in [7, 11) is -3.03. The minimum absolute atomic E-state index is 0.0579. The lowest BCUT2D eigenvalue weighted by molar-refractivity contribution is 0.0214. The number of aliphatic hydroxyl groups is 1. The predicted molar refractivity (Wildman–Crippen MR) is 67.6 cm³/mol. The van der Waals surface area contributed by atoms with Gasteiger partial charge in [-0.2, -0.15) is 0 Å². The largest absolute Gasteiger partial charge is 0.390 e. The molecule has 2 aliphatic heterocycles. The van der Waals surface area contributed by atoms with Crippen molar-refractivity contribution in [2.75, 3.05) is 18.1 Å². The van der Waals surface area contributed by atoms with E-state index in [2.05, 4.69) is 18.7 Å². The second-order valence-electron chi connectivity index (χ2n) is 5.61. The first-order valence-electron chi connectivity index (χ1n) is 6.57. The monoisotopic (exact) mass is 261 g/mol. The molecule has 4 nitrogen and oxygen atoms in total. The Kier molecular flexibility index (Phi) is 3.80. The van der Waals surface area contributed by atoms with Crippen molar-refractivity contribution in [2.45, 2.75) is 51.3 Å². The fourth-order valence-electron chi connectivity index (χ4n) is 3.13. The number of hydrogen-bond acceptors (Lipinski definition) is 4. The molecule has 0 aromatic heterocycles. The summed E-state index contributed by atoms with van der Waals surface area (Å²) in [4.78, 5) is 2.23. The van der Waals surface area contributed by atoms with Gasteiger partial charge in [-0.05, 0) is 25.7 Å². The number of aliphatic hydroxyl groups excluding tert-OH is 1. The molecule has 2 saturated heterocycles. The molecule has 0 aromatic rings. The molecule has 0 spiro atoms. The van der Waals surface area contributed by atoms with Crippen LogP contribution >= 0.6 is 0 Å². The third-order valence-corrected chi connectivity index (χ3v) is 6.02. The Balaban J connectivity index is 2.10. The van der Waals surface area contributed by atoms with Gasteiger partial charge in [-0.25, -0.2) is 8.42 Å². The molecule has 0 aromatic carbocycles. The highest BCUT2D eigenvalue weighted by molar-refractivity contribution is 7.91. The third kappa shape index (κ3) is 2.83. The van der Waals surface area contributed by atoms with Crippen molar-refractivity contribution in [1.29, 1.82) is 0 Å². The highest BCUT2D eigenvalue weighted by atomic mass is 32.2. The van der Waals surface area contributed by atoms with E-state index in [4.69, 9.17) is 0 Å². The molecule has 100 valence electrons. The van der Waals surface area contributed by atoms with Crippen LogP contribution in [0.1, 0.15) is 33.1 Å². The lowest BCUT2D eigenvalue weighted by atomic mass is 9.90. The zero-order valence-electron chi connectivity index (χ0n) is 10.7. The summed E-state index contributed by atoms with van der Waals surface area (Å²) >= 11 is 0. The number of rotatable bonds is 2. The van der Waals surface area contributed by atoms with Crippen molar-refractivity contribution in [3.05, 3.63) is 0 Å². The van der Waals surface area contributed by atoms with Gasteiger partial charge in [-0.1, -0.05) is 13.3 Å². The SMILES string of the molecule is CCC1CCC(C)N(C2CS(=O)(=O)CC2O)C1. The molecule has 17 heavy (non-hydrogen) atoms. The summed E-state index contributed by atoms with van der Waals surface area (Å²) in [6.45, 7) is 5.26. The van der Waals surface area contributed by atoms with Gasteiger partial charge in [0.2, 0.25) is 0 Å². The van der Waals surface area contributed by atoms with Crippen molar-refractivity contribution in [2.24, 2.45) is 5.92 Å². The topological polar surface area (TPSA) is 57.6 Å². The van der Waals surface area contributed by atoms with Gasteiger partial charge in [-0.15, -0.1) is 0 Å². The van der Waals surface area contributed by atoms with E-state index in [1.807, 2.05) is 0 Å². The van der Waals surface area contributed by atoms with Gasteiger partial charge in [0.15, 0.2) is 9.84 Å². The fraction of sp³-hybridized carbons (Fsp3) is 1.00. The Morgan fingerprint density at radius 1 is 1.29 bits per heavy atom. The summed E-state index contributed by atoms with van der Waals surface area (Å²) in [5.74, 6) is 0.730. The molecule has 1 N–H and O–H groups in total. The van der Waals surface area contributed by atoms with Crippen LogP contribution in [0.2, 0.25) is 0 Å². The van der Waals surface area contributed by atoms with Crippen molar-refractivity contribution >= 4 is 9.84 Å². The zero-order valence-corrected chi connectivity index (χ0v) is 11.5. The number of piperidine rings is 1. The van der Waals surface area contributed by atoms with Crippen LogP contribution in [0.15, 0.2) is 0 Å². The molecule has 5 heteroatoms. The molecule has 2 fully saturated rings. The molecule has 0 amide bonds. The van der Waals surface area contributed by atoms with Gasteiger partial charge in [-0.3, -0.25) is 4.90 Å². The van der Waals surface area contributed by atoms with Crippen LogP contribution in [-0.4, -0.2) is 54.7 Å². The van der Waals surface area contributed by atoms with Crippen LogP contribution in [0.25, 0.3) is 0 Å². The molecule has 0 aliphatic carbocycles. The van der Waals surface area contributed by atoms with Crippen LogP contribution in [0.5, 0.6) is 0 Å². The van der Waals surface area contributed by atoms with Crippen LogP contribution in [0.3, 0.4) is 0 Å². The van der Waals surface area contributed by atoms with E-state index in [1.165, 1.54) is 6.42 Å². The molecule has 2 heterocycles. The van der Waals surface area contributed by atoms with E-state index < -0.39 is 15.9 Å². The van der Waals surface area contributed by atoms with E-state index in [-0.39, 0.29) is 17.5 Å². The van der Waals surface area contributed by atoms with Gasteiger partial charge in [0.1, 0.15) is 0 Å². The number of likely N-dealkylation sites (tertiary alicyclic amines) is 1. The standard InChI is InChI=1S/C12H23NO3S/c1-3-10-5-4-9(2)13(6-10)11-7-17(15,16)8-12(11)14/h9-12,14H,3-8H2,1-2H3. The Bertz CT molecular complexity index is 368. The molecule has 0 bridgehead atoms. The third-order valence-electron chi connectivity index (χ3n) is 4.32. The van der Waals surface area contributed by atoms with E-state index in [9.17, 15) is 13.5 Å². The Hall–Kier alpha value is -0.130. The maximum Gasteiger partial charge on any atom is 0.154 e. The maximum absolute atomic E-state index is 11.6. The summed E-state index contributed by atoms with van der Waals surface area (Å²) in [6.07, 6.45) is 2.78. The van der Waals surface area contributed by atoms with E-state index in [1.54, 1.807) is 0 Å². The van der Waals surface area contributed by atoms with Crippen LogP contribution in [-0.2, 0) is 9.84 Å². The van der Waals surface area contributed by atoms with Gasteiger partial charge in [0.05, 0.1) is 23.7 Å². The van der Waals surface area contributed by atoms with E-state index in [0.29, 0.717) is 12.0 Å². The van der Waals surface area contributed by atoms with Crippen molar-refractivity contribution in [1.82, 2.24) is 4.90 Å². The van der Waals surface area contributed by atoms with E-state index in [0.717, 1.165) is 19.4 Å². The fourth-order valence-corrected chi connectivity index (χ4v) is 4.95. The minimum Gasteiger partial charge on any atom is -0.390 e. The second kappa shape index (κ2) is 4.86. The lowest BCUT2D eigenvalue weighted by Gasteiger charge is -2.42. The molecule has 0 radical (unpaired) electrons. The predicted octanol–water partition coefficient (Wildman–Crippen LogP) is 0.655. The number of nitrogens with zero attached hydrogens (tertiary/aromatic N) is 1.